The summed E-state index contributed by atoms with van der Waals surface area (Å²) in [6.45, 7) is 12.9. The molecule has 0 aliphatic carbocycles. The van der Waals surface area contributed by atoms with E-state index in [9.17, 15) is 0 Å². The number of nitrogens with zero attached hydrogens (tertiary/aromatic N) is 4. The second kappa shape index (κ2) is 11.0. The first-order chi connectivity index (χ1) is 14.2. The van der Waals surface area contributed by atoms with E-state index >= 15 is 0 Å². The highest BCUT2D eigenvalue weighted by molar-refractivity contribution is 5.80. The molecule has 0 bridgehead atoms. The second-order valence-electron chi connectivity index (χ2n) is 7.65. The Kier molecular flexibility index (Phi) is 8.07. The first-order valence-corrected chi connectivity index (χ1v) is 10.6. The predicted molar refractivity (Wildman–Crippen MR) is 118 cm³/mol. The molecule has 2 N–H and O–H groups in total. The van der Waals surface area contributed by atoms with Gasteiger partial charge in [-0.25, -0.2) is 4.68 Å². The lowest BCUT2D eigenvalue weighted by Crippen LogP contribution is -2.41. The van der Waals surface area contributed by atoms with E-state index in [1.54, 1.807) is 6.20 Å². The Balaban J connectivity index is 1.58. The van der Waals surface area contributed by atoms with Crippen LogP contribution in [0.1, 0.15) is 32.4 Å². The van der Waals surface area contributed by atoms with Crippen LogP contribution < -0.4 is 10.6 Å². The zero-order valence-electron chi connectivity index (χ0n) is 17.8. The molecule has 0 saturated carbocycles. The van der Waals surface area contributed by atoms with Gasteiger partial charge in [0.25, 0.3) is 0 Å². The minimum absolute atomic E-state index is 0.137. The van der Waals surface area contributed by atoms with Gasteiger partial charge in [-0.2, -0.15) is 5.10 Å². The fourth-order valence-electron chi connectivity index (χ4n) is 3.50. The summed E-state index contributed by atoms with van der Waals surface area (Å²) in [6.07, 6.45) is 3.75. The van der Waals surface area contributed by atoms with Gasteiger partial charge < -0.3 is 15.4 Å². The van der Waals surface area contributed by atoms with E-state index in [0.717, 1.165) is 57.6 Å². The van der Waals surface area contributed by atoms with Crippen LogP contribution in [0.25, 0.3) is 5.69 Å². The molecule has 1 aliphatic rings. The summed E-state index contributed by atoms with van der Waals surface area (Å²) in [5.74, 6) is 1.36. The minimum atomic E-state index is 0.137. The first-order valence-electron chi connectivity index (χ1n) is 10.6. The molecule has 0 radical (unpaired) electrons. The van der Waals surface area contributed by atoms with E-state index < -0.39 is 0 Å². The summed E-state index contributed by atoms with van der Waals surface area (Å²) in [7, 11) is 0. The zero-order valence-corrected chi connectivity index (χ0v) is 17.8. The van der Waals surface area contributed by atoms with Crippen molar-refractivity contribution in [3.63, 3.8) is 0 Å². The molecule has 2 atom stereocenters. The predicted octanol–water partition coefficient (Wildman–Crippen LogP) is 2.46. The fraction of sp³-hybridized carbons (Fsp3) is 0.545. The number of hydrogen-bond donors (Lipinski definition) is 2. The first kappa shape index (κ1) is 21.3. The van der Waals surface area contributed by atoms with Gasteiger partial charge in [0.2, 0.25) is 0 Å². The van der Waals surface area contributed by atoms with Gasteiger partial charge in [-0.3, -0.25) is 9.89 Å². The van der Waals surface area contributed by atoms with Crippen LogP contribution in [-0.2, 0) is 4.74 Å². The molecule has 3 rings (SSSR count). The summed E-state index contributed by atoms with van der Waals surface area (Å²) in [6, 6.07) is 10.5. The Bertz CT molecular complexity index is 754. The maximum Gasteiger partial charge on any atom is 0.191 e. The van der Waals surface area contributed by atoms with Crippen LogP contribution in [0.2, 0.25) is 0 Å². The number of aliphatic imine (C=N–C) groups is 1. The van der Waals surface area contributed by atoms with Gasteiger partial charge in [0, 0.05) is 45.1 Å². The molecule has 1 aromatic carbocycles. The Labute approximate surface area is 174 Å². The lowest BCUT2D eigenvalue weighted by molar-refractivity contribution is 0.0323. The van der Waals surface area contributed by atoms with Gasteiger partial charge in [-0.05, 0) is 43.5 Å². The highest BCUT2D eigenvalue weighted by Gasteiger charge is 2.14. The number of benzene rings is 1. The van der Waals surface area contributed by atoms with Crippen molar-refractivity contribution in [3.05, 3.63) is 48.3 Å². The number of hydrogen-bond acceptors (Lipinski definition) is 4. The molecule has 2 aromatic rings. The Morgan fingerprint density at radius 2 is 2.07 bits per heavy atom. The molecule has 1 saturated heterocycles. The Morgan fingerprint density at radius 1 is 1.24 bits per heavy atom. The summed E-state index contributed by atoms with van der Waals surface area (Å²) in [4.78, 5) is 7.30. The van der Waals surface area contributed by atoms with Crippen molar-refractivity contribution in [1.29, 1.82) is 0 Å². The Hall–Kier alpha value is -2.38. The van der Waals surface area contributed by atoms with Gasteiger partial charge >= 0.3 is 0 Å². The van der Waals surface area contributed by atoms with Crippen molar-refractivity contribution >= 4 is 5.96 Å². The summed E-state index contributed by atoms with van der Waals surface area (Å²) < 4.78 is 7.31. The molecule has 29 heavy (non-hydrogen) atoms. The third-order valence-electron chi connectivity index (χ3n) is 5.07. The number of nitrogens with one attached hydrogen (secondary N) is 2. The molecule has 7 heteroatoms. The van der Waals surface area contributed by atoms with Gasteiger partial charge in [0.05, 0.1) is 24.9 Å². The molecule has 0 amide bonds. The lowest BCUT2D eigenvalue weighted by Gasteiger charge is -2.28. The standard InChI is InChI=1S/C22H34N6O/c1-4-23-22(24-16-18(2)17-27-11-13-29-14-12-27)26-19(3)20-7-5-8-21(15-20)28-10-6-9-25-28/h5-10,15,18-19H,4,11-14,16-17H2,1-3H3,(H2,23,24,26). The average molecular weight is 399 g/mol. The van der Waals surface area contributed by atoms with Gasteiger partial charge in [0.1, 0.15) is 0 Å². The zero-order chi connectivity index (χ0) is 20.5. The quantitative estimate of drug-likeness (QED) is 0.528. The Morgan fingerprint density at radius 3 is 2.79 bits per heavy atom. The van der Waals surface area contributed by atoms with Crippen molar-refractivity contribution in [1.82, 2.24) is 25.3 Å². The smallest absolute Gasteiger partial charge is 0.191 e. The number of ether oxygens (including phenoxy) is 1. The van der Waals surface area contributed by atoms with E-state index in [1.807, 2.05) is 16.9 Å². The minimum Gasteiger partial charge on any atom is -0.379 e. The van der Waals surface area contributed by atoms with Crippen LogP contribution in [0.5, 0.6) is 0 Å². The van der Waals surface area contributed by atoms with Crippen molar-refractivity contribution < 1.29 is 4.74 Å². The maximum absolute atomic E-state index is 5.43. The van der Waals surface area contributed by atoms with E-state index in [0.29, 0.717) is 5.92 Å². The largest absolute Gasteiger partial charge is 0.379 e. The fourth-order valence-corrected chi connectivity index (χ4v) is 3.50. The normalized spacial score (nSPS) is 17.7. The average Bonchev–Trinajstić information content (AvgIpc) is 3.28. The van der Waals surface area contributed by atoms with Crippen molar-refractivity contribution in [2.75, 3.05) is 45.9 Å². The monoisotopic (exact) mass is 398 g/mol. The van der Waals surface area contributed by atoms with Gasteiger partial charge in [0.15, 0.2) is 5.96 Å². The summed E-state index contributed by atoms with van der Waals surface area (Å²) in [5, 5.41) is 11.2. The molecule has 1 aromatic heterocycles. The number of morpholine rings is 1. The summed E-state index contributed by atoms with van der Waals surface area (Å²) in [5.41, 5.74) is 2.26. The lowest BCUT2D eigenvalue weighted by atomic mass is 10.1. The van der Waals surface area contributed by atoms with Crippen molar-refractivity contribution in [2.24, 2.45) is 10.9 Å². The number of rotatable bonds is 8. The molecule has 1 fully saturated rings. The van der Waals surface area contributed by atoms with Crippen LogP contribution in [0.15, 0.2) is 47.7 Å². The molecule has 158 valence electrons. The molecule has 2 heterocycles. The molecule has 0 spiro atoms. The SMILES string of the molecule is CCNC(=NCC(C)CN1CCOCC1)NC(C)c1cccc(-n2cccn2)c1. The molecular weight excluding hydrogens is 364 g/mol. The van der Waals surface area contributed by atoms with E-state index in [-0.39, 0.29) is 6.04 Å². The maximum atomic E-state index is 5.43. The van der Waals surface area contributed by atoms with E-state index in [2.05, 4.69) is 65.7 Å². The second-order valence-corrected chi connectivity index (χ2v) is 7.65. The van der Waals surface area contributed by atoms with E-state index in [4.69, 9.17) is 9.73 Å². The van der Waals surface area contributed by atoms with Gasteiger partial charge in [-0.1, -0.05) is 19.1 Å². The van der Waals surface area contributed by atoms with Crippen LogP contribution in [0.4, 0.5) is 0 Å². The van der Waals surface area contributed by atoms with Crippen LogP contribution in [0, 0.1) is 5.92 Å². The van der Waals surface area contributed by atoms with Crippen molar-refractivity contribution in [2.45, 2.75) is 26.8 Å². The van der Waals surface area contributed by atoms with Crippen LogP contribution in [-0.4, -0.2) is 66.6 Å². The topological polar surface area (TPSA) is 66.7 Å². The summed E-state index contributed by atoms with van der Waals surface area (Å²) >= 11 is 0. The van der Waals surface area contributed by atoms with Crippen LogP contribution in [0.3, 0.4) is 0 Å². The molecule has 2 unspecified atom stereocenters. The molecular formula is C22H34N6O. The van der Waals surface area contributed by atoms with Crippen molar-refractivity contribution in [3.8, 4) is 5.69 Å². The van der Waals surface area contributed by atoms with E-state index in [1.165, 1.54) is 5.56 Å². The molecule has 1 aliphatic heterocycles. The highest BCUT2D eigenvalue weighted by Crippen LogP contribution is 2.16. The third kappa shape index (κ3) is 6.58. The highest BCUT2D eigenvalue weighted by atomic mass is 16.5. The van der Waals surface area contributed by atoms with Gasteiger partial charge in [-0.15, -0.1) is 0 Å². The molecule has 7 nitrogen and oxygen atoms in total. The third-order valence-corrected chi connectivity index (χ3v) is 5.07. The number of guanidine groups is 1. The number of aromatic nitrogens is 2. The van der Waals surface area contributed by atoms with Crippen LogP contribution >= 0.6 is 0 Å².